The van der Waals surface area contributed by atoms with Crippen molar-refractivity contribution in [3.63, 3.8) is 0 Å². The molecule has 6 heteroatoms. The summed E-state index contributed by atoms with van der Waals surface area (Å²) in [5, 5.41) is 5.97. The normalized spacial score (nSPS) is 10.0. The standard InChI is InChI=1S/C17H16ClN3O2/c1-3-7-20-16(22)12-8-13(10-19-9-12)17(23)21-15-6-4-5-14(18)11(15)2/h3-6,8-10H,1,7H2,2H3,(H,20,22)(H,21,23). The van der Waals surface area contributed by atoms with Crippen LogP contribution < -0.4 is 10.6 Å². The van der Waals surface area contributed by atoms with Crippen molar-refractivity contribution < 1.29 is 9.59 Å². The Hall–Kier alpha value is -2.66. The molecule has 2 rings (SSSR count). The number of aromatic nitrogens is 1. The average molecular weight is 330 g/mol. The SMILES string of the molecule is C=CCNC(=O)c1cncc(C(=O)Nc2cccc(Cl)c2C)c1. The van der Waals surface area contributed by atoms with Gasteiger partial charge in [-0.3, -0.25) is 14.6 Å². The van der Waals surface area contributed by atoms with E-state index in [2.05, 4.69) is 22.2 Å². The van der Waals surface area contributed by atoms with Gasteiger partial charge in [-0.1, -0.05) is 23.7 Å². The summed E-state index contributed by atoms with van der Waals surface area (Å²) >= 11 is 6.03. The third-order valence-electron chi connectivity index (χ3n) is 3.19. The zero-order valence-electron chi connectivity index (χ0n) is 12.6. The maximum Gasteiger partial charge on any atom is 0.257 e. The maximum atomic E-state index is 12.3. The van der Waals surface area contributed by atoms with Gasteiger partial charge in [-0.2, -0.15) is 0 Å². The number of anilines is 1. The smallest absolute Gasteiger partial charge is 0.257 e. The number of halogens is 1. The van der Waals surface area contributed by atoms with Crippen LogP contribution >= 0.6 is 11.6 Å². The van der Waals surface area contributed by atoms with Gasteiger partial charge in [0.1, 0.15) is 0 Å². The second-order valence-electron chi connectivity index (χ2n) is 4.83. The third-order valence-corrected chi connectivity index (χ3v) is 3.59. The molecule has 0 aliphatic heterocycles. The topological polar surface area (TPSA) is 71.1 Å². The molecule has 1 heterocycles. The highest BCUT2D eigenvalue weighted by molar-refractivity contribution is 6.31. The molecule has 0 spiro atoms. The van der Waals surface area contributed by atoms with Crippen molar-refractivity contribution in [3.05, 3.63) is 71.0 Å². The Kier molecular flexibility index (Phi) is 5.49. The third kappa shape index (κ3) is 4.17. The van der Waals surface area contributed by atoms with E-state index in [1.807, 2.05) is 6.92 Å². The molecular weight excluding hydrogens is 314 g/mol. The Bertz CT molecular complexity index is 759. The Morgan fingerprint density at radius 2 is 1.96 bits per heavy atom. The first-order chi connectivity index (χ1) is 11.0. The Morgan fingerprint density at radius 1 is 1.26 bits per heavy atom. The van der Waals surface area contributed by atoms with Gasteiger partial charge in [0.2, 0.25) is 0 Å². The summed E-state index contributed by atoms with van der Waals surface area (Å²) in [6.45, 7) is 5.69. The molecule has 1 aromatic heterocycles. The van der Waals surface area contributed by atoms with Gasteiger partial charge in [0.15, 0.2) is 0 Å². The van der Waals surface area contributed by atoms with E-state index >= 15 is 0 Å². The molecular formula is C17H16ClN3O2. The van der Waals surface area contributed by atoms with Gasteiger partial charge >= 0.3 is 0 Å². The van der Waals surface area contributed by atoms with Crippen LogP contribution in [0.1, 0.15) is 26.3 Å². The zero-order chi connectivity index (χ0) is 16.8. The highest BCUT2D eigenvalue weighted by atomic mass is 35.5. The number of carbonyl (C=O) groups excluding carboxylic acids is 2. The molecule has 118 valence electrons. The van der Waals surface area contributed by atoms with Crippen LogP contribution in [0.3, 0.4) is 0 Å². The van der Waals surface area contributed by atoms with E-state index in [1.54, 1.807) is 24.3 Å². The van der Waals surface area contributed by atoms with Crippen molar-refractivity contribution >= 4 is 29.1 Å². The molecule has 0 radical (unpaired) electrons. The van der Waals surface area contributed by atoms with E-state index in [0.717, 1.165) is 5.56 Å². The zero-order valence-corrected chi connectivity index (χ0v) is 13.4. The van der Waals surface area contributed by atoms with E-state index in [9.17, 15) is 9.59 Å². The maximum absolute atomic E-state index is 12.3. The van der Waals surface area contributed by atoms with Crippen LogP contribution in [0, 0.1) is 6.92 Å². The number of rotatable bonds is 5. The molecule has 0 bridgehead atoms. The molecule has 0 saturated heterocycles. The van der Waals surface area contributed by atoms with Crippen LogP contribution in [-0.2, 0) is 0 Å². The first kappa shape index (κ1) is 16.7. The van der Waals surface area contributed by atoms with Gasteiger partial charge in [0.25, 0.3) is 11.8 Å². The van der Waals surface area contributed by atoms with Crippen molar-refractivity contribution in [1.82, 2.24) is 10.3 Å². The monoisotopic (exact) mass is 329 g/mol. The summed E-state index contributed by atoms with van der Waals surface area (Å²) in [5.41, 5.74) is 1.98. The van der Waals surface area contributed by atoms with Crippen LogP contribution in [0.25, 0.3) is 0 Å². The van der Waals surface area contributed by atoms with E-state index in [-0.39, 0.29) is 17.4 Å². The summed E-state index contributed by atoms with van der Waals surface area (Å²) in [5.74, 6) is -0.674. The second-order valence-corrected chi connectivity index (χ2v) is 5.23. The summed E-state index contributed by atoms with van der Waals surface area (Å²) < 4.78 is 0. The molecule has 23 heavy (non-hydrogen) atoms. The number of nitrogens with zero attached hydrogens (tertiary/aromatic N) is 1. The van der Waals surface area contributed by atoms with Crippen molar-refractivity contribution in [2.45, 2.75) is 6.92 Å². The summed E-state index contributed by atoms with van der Waals surface area (Å²) in [4.78, 5) is 28.2. The summed E-state index contributed by atoms with van der Waals surface area (Å²) in [7, 11) is 0. The van der Waals surface area contributed by atoms with Crippen molar-refractivity contribution in [2.24, 2.45) is 0 Å². The lowest BCUT2D eigenvalue weighted by Crippen LogP contribution is -2.24. The Morgan fingerprint density at radius 3 is 2.65 bits per heavy atom. The van der Waals surface area contributed by atoms with Crippen molar-refractivity contribution in [2.75, 3.05) is 11.9 Å². The number of carbonyl (C=O) groups is 2. The first-order valence-electron chi connectivity index (χ1n) is 6.93. The quantitative estimate of drug-likeness (QED) is 0.827. The number of pyridine rings is 1. The van der Waals surface area contributed by atoms with Crippen LogP contribution in [0.15, 0.2) is 49.3 Å². The molecule has 0 saturated carbocycles. The lowest BCUT2D eigenvalue weighted by Gasteiger charge is -2.10. The molecule has 1 aromatic carbocycles. The van der Waals surface area contributed by atoms with E-state index < -0.39 is 0 Å². The largest absolute Gasteiger partial charge is 0.349 e. The molecule has 2 aromatic rings. The number of benzene rings is 1. The van der Waals surface area contributed by atoms with Gasteiger partial charge in [-0.25, -0.2) is 0 Å². The molecule has 5 nitrogen and oxygen atoms in total. The molecule has 0 fully saturated rings. The van der Waals surface area contributed by atoms with Crippen molar-refractivity contribution in [3.8, 4) is 0 Å². The summed E-state index contributed by atoms with van der Waals surface area (Å²) in [6.07, 6.45) is 4.38. The predicted molar refractivity (Wildman–Crippen MR) is 90.9 cm³/mol. The van der Waals surface area contributed by atoms with Crippen LogP contribution in [0.5, 0.6) is 0 Å². The van der Waals surface area contributed by atoms with Gasteiger partial charge in [0, 0.05) is 29.6 Å². The fourth-order valence-electron chi connectivity index (χ4n) is 1.89. The van der Waals surface area contributed by atoms with Gasteiger partial charge in [-0.05, 0) is 30.7 Å². The van der Waals surface area contributed by atoms with Crippen LogP contribution in [-0.4, -0.2) is 23.3 Å². The van der Waals surface area contributed by atoms with Gasteiger partial charge in [-0.15, -0.1) is 6.58 Å². The minimum absolute atomic E-state index is 0.288. The number of hydrogen-bond acceptors (Lipinski definition) is 3. The first-order valence-corrected chi connectivity index (χ1v) is 7.31. The molecule has 0 unspecified atom stereocenters. The van der Waals surface area contributed by atoms with Crippen molar-refractivity contribution in [1.29, 1.82) is 0 Å². The van der Waals surface area contributed by atoms with Gasteiger partial charge < -0.3 is 10.6 Å². The molecule has 0 atom stereocenters. The lowest BCUT2D eigenvalue weighted by molar-refractivity contribution is 0.0957. The van der Waals surface area contributed by atoms with Crippen LogP contribution in [0.4, 0.5) is 5.69 Å². The minimum atomic E-state index is -0.360. The fourth-order valence-corrected chi connectivity index (χ4v) is 2.07. The van der Waals surface area contributed by atoms with Crippen LogP contribution in [0.2, 0.25) is 5.02 Å². The average Bonchev–Trinajstić information content (AvgIpc) is 2.57. The lowest BCUT2D eigenvalue weighted by atomic mass is 10.1. The number of amides is 2. The predicted octanol–water partition coefficient (Wildman–Crippen LogP) is 3.21. The molecule has 2 amide bonds. The highest BCUT2D eigenvalue weighted by Crippen LogP contribution is 2.23. The molecule has 0 aliphatic carbocycles. The minimum Gasteiger partial charge on any atom is -0.349 e. The summed E-state index contributed by atoms with van der Waals surface area (Å²) in [6, 6.07) is 6.74. The van der Waals surface area contributed by atoms with E-state index in [4.69, 9.17) is 11.6 Å². The fraction of sp³-hybridized carbons (Fsp3) is 0.118. The highest BCUT2D eigenvalue weighted by Gasteiger charge is 2.12. The Labute approximate surface area is 139 Å². The number of hydrogen-bond donors (Lipinski definition) is 2. The second kappa shape index (κ2) is 7.56. The van der Waals surface area contributed by atoms with Gasteiger partial charge in [0.05, 0.1) is 11.1 Å². The number of nitrogens with one attached hydrogen (secondary N) is 2. The Balaban J connectivity index is 2.18. The molecule has 2 N–H and O–H groups in total. The van der Waals surface area contributed by atoms with E-state index in [0.29, 0.717) is 22.8 Å². The van der Waals surface area contributed by atoms with E-state index in [1.165, 1.54) is 18.5 Å². The molecule has 0 aliphatic rings.